The molecule has 0 radical (unpaired) electrons. The van der Waals surface area contributed by atoms with Crippen molar-refractivity contribution in [3.05, 3.63) is 84.7 Å². The number of nitro groups is 1. The Kier molecular flexibility index (Phi) is 7.52. The number of aryl methyl sites for hydroxylation is 1. The topological polar surface area (TPSA) is 120 Å². The van der Waals surface area contributed by atoms with Crippen LogP contribution in [0.15, 0.2) is 57.8 Å². The first-order valence-electron chi connectivity index (χ1n) is 10.6. The van der Waals surface area contributed by atoms with Gasteiger partial charge in [0.05, 0.1) is 15.4 Å². The van der Waals surface area contributed by atoms with Gasteiger partial charge in [-0.1, -0.05) is 29.4 Å². The molecule has 10 heteroatoms. The lowest BCUT2D eigenvalue weighted by Gasteiger charge is -2.09. The molecule has 1 aliphatic rings. The largest absolute Gasteiger partial charge is 0.312 e. The van der Waals surface area contributed by atoms with Gasteiger partial charge in [0, 0.05) is 20.9 Å². The second-order valence-electron chi connectivity index (χ2n) is 7.69. The number of benzene rings is 2. The monoisotopic (exact) mass is 520 g/mol. The van der Waals surface area contributed by atoms with E-state index in [4.69, 9.17) is 11.6 Å². The molecule has 0 saturated carbocycles. The predicted octanol–water partition coefficient (Wildman–Crippen LogP) is 6.76. The highest BCUT2D eigenvalue weighted by Crippen LogP contribution is 2.38. The molecule has 0 spiro atoms. The Morgan fingerprint density at radius 2 is 1.91 bits per heavy atom. The Balaban J connectivity index is 1.59. The highest BCUT2D eigenvalue weighted by molar-refractivity contribution is 7.99. The van der Waals surface area contributed by atoms with Crippen LogP contribution in [0.2, 0.25) is 5.02 Å². The van der Waals surface area contributed by atoms with Crippen LogP contribution in [0.25, 0.3) is 6.08 Å². The molecule has 1 amide bonds. The van der Waals surface area contributed by atoms with Crippen LogP contribution in [0.1, 0.15) is 34.4 Å². The molecule has 0 fully saturated rings. The van der Waals surface area contributed by atoms with E-state index in [0.717, 1.165) is 41.0 Å². The molecule has 1 N–H and O–H groups in total. The summed E-state index contributed by atoms with van der Waals surface area (Å²) >= 11 is 8.48. The van der Waals surface area contributed by atoms with E-state index in [1.54, 1.807) is 36.4 Å². The molecule has 0 bridgehead atoms. The fourth-order valence-corrected chi connectivity index (χ4v) is 6.00. The van der Waals surface area contributed by atoms with E-state index in [1.807, 2.05) is 6.07 Å². The number of fused-ring (bicyclic) bond motifs is 1. The maximum atomic E-state index is 12.8. The van der Waals surface area contributed by atoms with Crippen LogP contribution in [-0.2, 0) is 17.6 Å². The minimum Gasteiger partial charge on any atom is -0.312 e. The van der Waals surface area contributed by atoms with Crippen molar-refractivity contribution in [3.8, 4) is 12.1 Å². The fraction of sp³-hybridized carbons (Fsp3) is 0.160. The number of rotatable bonds is 6. The first kappa shape index (κ1) is 24.5. The van der Waals surface area contributed by atoms with Crippen LogP contribution in [0.5, 0.6) is 0 Å². The average molecular weight is 521 g/mol. The van der Waals surface area contributed by atoms with Crippen LogP contribution < -0.4 is 5.32 Å². The molecule has 3 aromatic rings. The van der Waals surface area contributed by atoms with Crippen LogP contribution >= 0.6 is 34.7 Å². The molecular weight excluding hydrogens is 504 g/mol. The van der Waals surface area contributed by atoms with Crippen molar-refractivity contribution in [2.24, 2.45) is 0 Å². The average Bonchev–Trinajstić information content (AvgIpc) is 3.21. The van der Waals surface area contributed by atoms with Gasteiger partial charge >= 0.3 is 0 Å². The van der Waals surface area contributed by atoms with Crippen molar-refractivity contribution in [1.29, 1.82) is 10.5 Å². The van der Waals surface area contributed by atoms with Gasteiger partial charge in [-0.3, -0.25) is 14.9 Å². The van der Waals surface area contributed by atoms with Gasteiger partial charge in [-0.15, -0.1) is 11.3 Å². The number of nitro benzene ring substituents is 1. The first-order valence-corrected chi connectivity index (χ1v) is 12.6. The Bertz CT molecular complexity index is 1430. The van der Waals surface area contributed by atoms with Gasteiger partial charge in [-0.2, -0.15) is 10.5 Å². The van der Waals surface area contributed by atoms with E-state index in [2.05, 4.69) is 11.4 Å². The third-order valence-electron chi connectivity index (χ3n) is 5.41. The number of anilines is 1. The fourth-order valence-electron chi connectivity index (χ4n) is 3.74. The van der Waals surface area contributed by atoms with Crippen molar-refractivity contribution in [3.63, 3.8) is 0 Å². The number of halogens is 1. The molecule has 1 aliphatic carbocycles. The van der Waals surface area contributed by atoms with Crippen molar-refractivity contribution >= 4 is 57.4 Å². The molecule has 1 heterocycles. The molecule has 2 aromatic carbocycles. The van der Waals surface area contributed by atoms with Gasteiger partial charge in [0.1, 0.15) is 22.7 Å². The number of hydrogen-bond acceptors (Lipinski definition) is 7. The Morgan fingerprint density at radius 1 is 1.17 bits per heavy atom. The zero-order chi connectivity index (χ0) is 24.9. The van der Waals surface area contributed by atoms with E-state index in [0.29, 0.717) is 26.0 Å². The summed E-state index contributed by atoms with van der Waals surface area (Å²) in [5.74, 6) is -0.662. The standard InChI is InChI=1S/C25H17ClN4O3S2/c26-17-6-8-18(9-7-17)34-23-10-5-15(12-21(23)30(32)33)11-16(13-27)24(31)29-25-20(14-28)19-3-1-2-4-22(19)35-25/h5-12H,1-4H2,(H,29,31)/b16-11-. The van der Waals surface area contributed by atoms with Crippen molar-refractivity contribution in [2.45, 2.75) is 35.5 Å². The van der Waals surface area contributed by atoms with E-state index < -0.39 is 10.8 Å². The summed E-state index contributed by atoms with van der Waals surface area (Å²) in [4.78, 5) is 26.3. The lowest BCUT2D eigenvalue weighted by molar-refractivity contribution is -0.387. The zero-order valence-corrected chi connectivity index (χ0v) is 20.6. The van der Waals surface area contributed by atoms with E-state index in [9.17, 15) is 25.4 Å². The summed E-state index contributed by atoms with van der Waals surface area (Å²) in [6.07, 6.45) is 5.02. The molecule has 4 rings (SSSR count). The molecule has 0 atom stereocenters. The molecule has 0 aliphatic heterocycles. The van der Waals surface area contributed by atoms with Gasteiger partial charge < -0.3 is 5.32 Å². The molecule has 7 nitrogen and oxygen atoms in total. The number of nitrogens with one attached hydrogen (secondary N) is 1. The smallest absolute Gasteiger partial charge is 0.283 e. The molecule has 1 aromatic heterocycles. The van der Waals surface area contributed by atoms with Crippen LogP contribution in [-0.4, -0.2) is 10.8 Å². The van der Waals surface area contributed by atoms with Crippen LogP contribution in [0.3, 0.4) is 0 Å². The lowest BCUT2D eigenvalue weighted by Crippen LogP contribution is -2.13. The summed E-state index contributed by atoms with van der Waals surface area (Å²) < 4.78 is 0. The van der Waals surface area contributed by atoms with Gasteiger partial charge in [0.2, 0.25) is 0 Å². The number of hydrogen-bond donors (Lipinski definition) is 1. The van der Waals surface area contributed by atoms with Crippen LogP contribution in [0.4, 0.5) is 10.7 Å². The molecule has 0 unspecified atom stereocenters. The SMILES string of the molecule is N#C/C(=C/c1ccc(Sc2ccc(Cl)cc2)c([N+](=O)[O-])c1)C(=O)Nc1sc2c(c1C#N)CCCC2. The third kappa shape index (κ3) is 5.55. The second-order valence-corrected chi connectivity index (χ2v) is 10.3. The first-order chi connectivity index (χ1) is 16.9. The summed E-state index contributed by atoms with van der Waals surface area (Å²) in [6, 6.07) is 15.5. The summed E-state index contributed by atoms with van der Waals surface area (Å²) in [6.45, 7) is 0. The molecule has 35 heavy (non-hydrogen) atoms. The van der Waals surface area contributed by atoms with Crippen LogP contribution in [0, 0.1) is 32.8 Å². The number of amides is 1. The quantitative estimate of drug-likeness (QED) is 0.166. The Labute approximate surface area is 214 Å². The van der Waals surface area contributed by atoms with Gasteiger partial charge in [-0.05, 0) is 73.2 Å². The second kappa shape index (κ2) is 10.7. The van der Waals surface area contributed by atoms with E-state index in [1.165, 1.54) is 35.2 Å². The summed E-state index contributed by atoms with van der Waals surface area (Å²) in [5.41, 5.74) is 1.41. The Morgan fingerprint density at radius 3 is 2.60 bits per heavy atom. The molecule has 0 saturated heterocycles. The highest BCUT2D eigenvalue weighted by atomic mass is 35.5. The van der Waals surface area contributed by atoms with Crippen molar-refractivity contribution in [1.82, 2.24) is 0 Å². The van der Waals surface area contributed by atoms with Gasteiger partial charge in [0.15, 0.2) is 0 Å². The van der Waals surface area contributed by atoms with E-state index in [-0.39, 0.29) is 11.3 Å². The minimum atomic E-state index is -0.662. The highest BCUT2D eigenvalue weighted by Gasteiger charge is 2.23. The maximum Gasteiger partial charge on any atom is 0.283 e. The van der Waals surface area contributed by atoms with Gasteiger partial charge in [-0.25, -0.2) is 0 Å². The number of nitriles is 2. The number of carbonyl (C=O) groups is 1. The molecular formula is C25H17ClN4O3S2. The normalized spacial score (nSPS) is 12.8. The summed E-state index contributed by atoms with van der Waals surface area (Å²) in [5, 5.41) is 34.6. The third-order valence-corrected chi connectivity index (χ3v) is 7.94. The Hall–Kier alpha value is -3.63. The van der Waals surface area contributed by atoms with E-state index >= 15 is 0 Å². The van der Waals surface area contributed by atoms with Crippen molar-refractivity contribution < 1.29 is 9.72 Å². The molecule has 174 valence electrons. The number of carbonyl (C=O) groups excluding carboxylic acids is 1. The predicted molar refractivity (Wildman–Crippen MR) is 137 cm³/mol. The summed E-state index contributed by atoms with van der Waals surface area (Å²) in [7, 11) is 0. The zero-order valence-electron chi connectivity index (χ0n) is 18.2. The minimum absolute atomic E-state index is 0.144. The lowest BCUT2D eigenvalue weighted by atomic mass is 9.96. The number of thiophene rings is 1. The van der Waals surface area contributed by atoms with Gasteiger partial charge in [0.25, 0.3) is 11.6 Å². The number of nitrogens with zero attached hydrogens (tertiary/aromatic N) is 3. The maximum absolute atomic E-state index is 12.8. The van der Waals surface area contributed by atoms with Crippen molar-refractivity contribution in [2.75, 3.05) is 5.32 Å².